The molecule has 7 heteroatoms. The molecule has 26 heavy (non-hydrogen) atoms. The number of carbonyl (C=O) groups excluding carboxylic acids is 1. The molecule has 1 fully saturated rings. The molecule has 0 N–H and O–H groups in total. The van der Waals surface area contributed by atoms with E-state index in [0.717, 1.165) is 16.8 Å². The largest absolute Gasteiger partial charge is 0.339 e. The second-order valence-corrected chi connectivity index (χ2v) is 7.15. The van der Waals surface area contributed by atoms with Crippen molar-refractivity contribution in [3.05, 3.63) is 64.0 Å². The molecule has 0 spiro atoms. The maximum absolute atomic E-state index is 12.5. The van der Waals surface area contributed by atoms with Crippen molar-refractivity contribution in [3.63, 3.8) is 0 Å². The Morgan fingerprint density at radius 2 is 1.92 bits per heavy atom. The van der Waals surface area contributed by atoms with Crippen molar-refractivity contribution in [2.24, 2.45) is 0 Å². The fourth-order valence-electron chi connectivity index (χ4n) is 3.04. The minimum atomic E-state index is -0.132. The molecule has 132 valence electrons. The molecule has 2 aromatic carbocycles. The first-order valence-electron chi connectivity index (χ1n) is 8.17. The predicted octanol–water partition coefficient (Wildman–Crippen LogP) is 4.87. The topological polar surface area (TPSA) is 59.2 Å². The van der Waals surface area contributed by atoms with Gasteiger partial charge in [0.25, 0.3) is 0 Å². The summed E-state index contributed by atoms with van der Waals surface area (Å²) in [7, 11) is 0. The third kappa shape index (κ3) is 3.20. The van der Waals surface area contributed by atoms with Crippen molar-refractivity contribution in [1.29, 1.82) is 0 Å². The number of amides is 1. The van der Waals surface area contributed by atoms with Gasteiger partial charge in [-0.1, -0.05) is 28.4 Å². The lowest BCUT2D eigenvalue weighted by Crippen LogP contribution is -2.24. The van der Waals surface area contributed by atoms with Crippen molar-refractivity contribution in [1.82, 2.24) is 10.1 Å². The minimum Gasteiger partial charge on any atom is -0.339 e. The molecule has 1 saturated heterocycles. The highest BCUT2D eigenvalue weighted by Gasteiger charge is 2.35. The summed E-state index contributed by atoms with van der Waals surface area (Å²) in [5.74, 6) is 0.858. The second kappa shape index (κ2) is 6.74. The van der Waals surface area contributed by atoms with Crippen LogP contribution < -0.4 is 4.90 Å². The van der Waals surface area contributed by atoms with Gasteiger partial charge in [0.05, 0.1) is 5.92 Å². The second-order valence-electron chi connectivity index (χ2n) is 6.30. The van der Waals surface area contributed by atoms with Crippen LogP contribution in [0.4, 0.5) is 5.69 Å². The number of aromatic nitrogens is 2. The highest BCUT2D eigenvalue weighted by atomic mass is 35.5. The Bertz CT molecular complexity index is 969. The van der Waals surface area contributed by atoms with E-state index >= 15 is 0 Å². The first-order chi connectivity index (χ1) is 12.5. The van der Waals surface area contributed by atoms with Crippen LogP contribution in [0.2, 0.25) is 10.0 Å². The van der Waals surface area contributed by atoms with Crippen LogP contribution in [-0.4, -0.2) is 22.6 Å². The van der Waals surface area contributed by atoms with E-state index in [1.165, 1.54) is 0 Å². The van der Waals surface area contributed by atoms with Crippen molar-refractivity contribution in [2.75, 3.05) is 11.4 Å². The van der Waals surface area contributed by atoms with Crippen LogP contribution in [0.15, 0.2) is 47.0 Å². The minimum absolute atomic E-state index is 0.0305. The molecule has 5 nitrogen and oxygen atoms in total. The third-order valence-electron chi connectivity index (χ3n) is 4.47. The van der Waals surface area contributed by atoms with Gasteiger partial charge in [-0.05, 0) is 55.0 Å². The summed E-state index contributed by atoms with van der Waals surface area (Å²) >= 11 is 12.0. The lowest BCUT2D eigenvalue weighted by molar-refractivity contribution is -0.117. The molecule has 4 rings (SSSR count). The van der Waals surface area contributed by atoms with E-state index in [1.807, 2.05) is 31.2 Å². The van der Waals surface area contributed by atoms with Gasteiger partial charge in [0, 0.05) is 34.3 Å². The normalized spacial score (nSPS) is 17.1. The van der Waals surface area contributed by atoms with Gasteiger partial charge in [-0.15, -0.1) is 0 Å². The lowest BCUT2D eigenvalue weighted by Gasteiger charge is -2.17. The van der Waals surface area contributed by atoms with Crippen LogP contribution >= 0.6 is 23.2 Å². The monoisotopic (exact) mass is 387 g/mol. The molecule has 0 bridgehead atoms. The first kappa shape index (κ1) is 17.1. The van der Waals surface area contributed by atoms with Crippen LogP contribution in [0.3, 0.4) is 0 Å². The van der Waals surface area contributed by atoms with Gasteiger partial charge in [-0.25, -0.2) is 0 Å². The summed E-state index contributed by atoms with van der Waals surface area (Å²) in [6.07, 6.45) is 0.337. The highest BCUT2D eigenvalue weighted by Crippen LogP contribution is 2.33. The zero-order chi connectivity index (χ0) is 18.3. The maximum Gasteiger partial charge on any atom is 0.232 e. The number of aryl methyl sites for hydroxylation is 1. The maximum atomic E-state index is 12.5. The predicted molar refractivity (Wildman–Crippen MR) is 101 cm³/mol. The Balaban J connectivity index is 1.55. The van der Waals surface area contributed by atoms with Crippen molar-refractivity contribution in [3.8, 4) is 11.4 Å². The molecule has 0 saturated carbocycles. The summed E-state index contributed by atoms with van der Waals surface area (Å²) < 4.78 is 5.41. The molecular weight excluding hydrogens is 373 g/mol. The van der Waals surface area contributed by atoms with E-state index in [-0.39, 0.29) is 11.8 Å². The van der Waals surface area contributed by atoms with Crippen LogP contribution in [0.25, 0.3) is 11.4 Å². The smallest absolute Gasteiger partial charge is 0.232 e. The van der Waals surface area contributed by atoms with E-state index in [9.17, 15) is 4.79 Å². The summed E-state index contributed by atoms with van der Waals surface area (Å²) in [5.41, 5.74) is 2.58. The Hall–Kier alpha value is -2.37. The average Bonchev–Trinajstić information content (AvgIpc) is 3.25. The van der Waals surface area contributed by atoms with Gasteiger partial charge in [-0.2, -0.15) is 4.98 Å². The van der Waals surface area contributed by atoms with Crippen molar-refractivity contribution in [2.45, 2.75) is 19.3 Å². The number of halogens is 2. The lowest BCUT2D eigenvalue weighted by atomic mass is 10.1. The van der Waals surface area contributed by atoms with E-state index < -0.39 is 0 Å². The van der Waals surface area contributed by atoms with Crippen LogP contribution in [-0.2, 0) is 4.79 Å². The SMILES string of the molecule is Cc1cc(N2CC(c3nc(-c4ccc(Cl)cc4)no3)CC2=O)ccc1Cl. The zero-order valence-corrected chi connectivity index (χ0v) is 15.5. The quantitative estimate of drug-likeness (QED) is 0.642. The number of anilines is 1. The van der Waals surface area contributed by atoms with Gasteiger partial charge in [0.2, 0.25) is 17.6 Å². The van der Waals surface area contributed by atoms with Crippen molar-refractivity contribution < 1.29 is 9.32 Å². The number of hydrogen-bond acceptors (Lipinski definition) is 4. The molecular formula is C19H15Cl2N3O2. The standard InChI is InChI=1S/C19H15Cl2N3O2/c1-11-8-15(6-7-16(11)21)24-10-13(9-17(24)25)19-22-18(23-26-19)12-2-4-14(20)5-3-12/h2-8,13H,9-10H2,1H3. The number of hydrogen-bond donors (Lipinski definition) is 0. The Labute approximate surface area is 160 Å². The van der Waals surface area contributed by atoms with E-state index in [2.05, 4.69) is 10.1 Å². The molecule has 0 radical (unpaired) electrons. The number of nitrogens with zero attached hydrogens (tertiary/aromatic N) is 3. The Morgan fingerprint density at radius 3 is 2.65 bits per heavy atom. The van der Waals surface area contributed by atoms with Gasteiger partial charge in [-0.3, -0.25) is 4.79 Å². The molecule has 1 aliphatic rings. The molecule has 1 unspecified atom stereocenters. The summed E-state index contributed by atoms with van der Waals surface area (Å²) in [6.45, 7) is 2.42. The molecule has 2 heterocycles. The highest BCUT2D eigenvalue weighted by molar-refractivity contribution is 6.31. The number of benzene rings is 2. The summed E-state index contributed by atoms with van der Waals surface area (Å²) in [6, 6.07) is 12.8. The number of rotatable bonds is 3. The van der Waals surface area contributed by atoms with Crippen LogP contribution in [0.1, 0.15) is 23.8 Å². The fraction of sp³-hybridized carbons (Fsp3) is 0.211. The fourth-order valence-corrected chi connectivity index (χ4v) is 3.28. The molecule has 1 aliphatic heterocycles. The Kier molecular flexibility index (Phi) is 4.42. The molecule has 0 aliphatic carbocycles. The van der Waals surface area contributed by atoms with Gasteiger partial charge in [0.1, 0.15) is 0 Å². The summed E-state index contributed by atoms with van der Waals surface area (Å²) in [5, 5.41) is 5.36. The van der Waals surface area contributed by atoms with Gasteiger partial charge in [0.15, 0.2) is 0 Å². The molecule has 3 aromatic rings. The van der Waals surface area contributed by atoms with Crippen LogP contribution in [0, 0.1) is 6.92 Å². The number of carbonyl (C=O) groups is 1. The molecule has 1 atom stereocenters. The zero-order valence-electron chi connectivity index (χ0n) is 13.9. The van der Waals surface area contributed by atoms with E-state index in [4.69, 9.17) is 27.7 Å². The Morgan fingerprint density at radius 1 is 1.15 bits per heavy atom. The first-order valence-corrected chi connectivity index (χ1v) is 8.93. The van der Waals surface area contributed by atoms with E-state index in [0.29, 0.717) is 34.7 Å². The molecule has 1 aromatic heterocycles. The third-order valence-corrected chi connectivity index (χ3v) is 5.15. The van der Waals surface area contributed by atoms with Crippen molar-refractivity contribution >= 4 is 34.8 Å². The van der Waals surface area contributed by atoms with Gasteiger partial charge < -0.3 is 9.42 Å². The van der Waals surface area contributed by atoms with E-state index in [1.54, 1.807) is 23.1 Å². The summed E-state index contributed by atoms with van der Waals surface area (Å²) in [4.78, 5) is 18.7. The van der Waals surface area contributed by atoms with Crippen LogP contribution in [0.5, 0.6) is 0 Å². The van der Waals surface area contributed by atoms with Gasteiger partial charge >= 0.3 is 0 Å². The average molecular weight is 388 g/mol. The molecule has 1 amide bonds.